The molecule has 2 heterocycles. The molecule has 152 valence electrons. The number of piperidine rings is 1. The second-order valence-electron chi connectivity index (χ2n) is 7.84. The lowest BCUT2D eigenvalue weighted by Crippen LogP contribution is -2.42. The van der Waals surface area contributed by atoms with Crippen LogP contribution in [0.4, 0.5) is 0 Å². The number of rotatable bonds is 5. The van der Waals surface area contributed by atoms with E-state index in [1.807, 2.05) is 49.4 Å². The summed E-state index contributed by atoms with van der Waals surface area (Å²) >= 11 is 0. The number of nitrogens with zero attached hydrogens (tertiary/aromatic N) is 1. The normalized spacial score (nSPS) is 16.8. The zero-order valence-electron chi connectivity index (χ0n) is 16.7. The number of aromatic amines is 1. The van der Waals surface area contributed by atoms with Crippen LogP contribution in [-0.4, -0.2) is 46.3 Å². The molecule has 0 unspecified atom stereocenters. The molecule has 6 heteroatoms. The molecule has 1 aromatic heterocycles. The summed E-state index contributed by atoms with van der Waals surface area (Å²) in [5.74, 6) is -0.250. The number of H-pyrrole nitrogens is 1. The van der Waals surface area contributed by atoms with Gasteiger partial charge in [-0.3, -0.25) is 4.90 Å². The van der Waals surface area contributed by atoms with Crippen LogP contribution in [0.2, 0.25) is 0 Å². The van der Waals surface area contributed by atoms with Crippen molar-refractivity contribution in [3.8, 4) is 5.75 Å². The van der Waals surface area contributed by atoms with E-state index in [1.54, 1.807) is 7.11 Å². The minimum Gasteiger partial charge on any atom is -0.496 e. The summed E-state index contributed by atoms with van der Waals surface area (Å²) in [6.45, 7) is 3.89. The fraction of sp³-hybridized carbons (Fsp3) is 0.348. The summed E-state index contributed by atoms with van der Waals surface area (Å²) in [7, 11) is 1.61. The maximum Gasteiger partial charge on any atom is 0.352 e. The second-order valence-corrected chi connectivity index (χ2v) is 7.84. The number of benzene rings is 2. The SMILES string of the molecule is COc1ccccc1C1(O)CCN(Cc2c(C(=O)O)[nH]c3ccc(C)cc23)CC1. The number of carboxylic acids is 1. The van der Waals surface area contributed by atoms with Crippen LogP contribution in [0.15, 0.2) is 42.5 Å². The van der Waals surface area contributed by atoms with Crippen molar-refractivity contribution in [3.05, 3.63) is 64.8 Å². The lowest BCUT2D eigenvalue weighted by molar-refractivity contribution is -0.0292. The molecule has 2 aromatic carbocycles. The number of para-hydroxylation sites is 1. The number of hydrogen-bond donors (Lipinski definition) is 3. The molecule has 1 aliphatic rings. The summed E-state index contributed by atoms with van der Waals surface area (Å²) in [6, 6.07) is 13.5. The van der Waals surface area contributed by atoms with Crippen LogP contribution in [0.3, 0.4) is 0 Å². The highest BCUT2D eigenvalue weighted by atomic mass is 16.5. The van der Waals surface area contributed by atoms with Crippen molar-refractivity contribution in [1.29, 1.82) is 0 Å². The van der Waals surface area contributed by atoms with Gasteiger partial charge in [0.1, 0.15) is 11.4 Å². The molecule has 0 radical (unpaired) electrons. The summed E-state index contributed by atoms with van der Waals surface area (Å²) in [6.07, 6.45) is 1.13. The summed E-state index contributed by atoms with van der Waals surface area (Å²) in [5.41, 5.74) is 2.87. The van der Waals surface area contributed by atoms with Crippen LogP contribution < -0.4 is 4.74 Å². The molecule has 1 saturated heterocycles. The first-order chi connectivity index (χ1) is 13.9. The number of aromatic nitrogens is 1. The molecule has 0 atom stereocenters. The molecular weight excluding hydrogens is 368 g/mol. The Kier molecular flexibility index (Phi) is 5.06. The lowest BCUT2D eigenvalue weighted by Gasteiger charge is -2.39. The van der Waals surface area contributed by atoms with E-state index >= 15 is 0 Å². The van der Waals surface area contributed by atoms with Crippen molar-refractivity contribution in [3.63, 3.8) is 0 Å². The molecule has 3 aromatic rings. The van der Waals surface area contributed by atoms with Gasteiger partial charge in [-0.1, -0.05) is 29.8 Å². The largest absolute Gasteiger partial charge is 0.496 e. The summed E-state index contributed by atoms with van der Waals surface area (Å²) in [5, 5.41) is 21.8. The lowest BCUT2D eigenvalue weighted by atomic mass is 9.83. The fourth-order valence-corrected chi connectivity index (χ4v) is 4.31. The third-order valence-corrected chi connectivity index (χ3v) is 5.95. The van der Waals surface area contributed by atoms with Gasteiger partial charge in [0.15, 0.2) is 0 Å². The maximum atomic E-state index is 11.8. The van der Waals surface area contributed by atoms with E-state index in [2.05, 4.69) is 9.88 Å². The molecule has 0 amide bonds. The fourth-order valence-electron chi connectivity index (χ4n) is 4.31. The Morgan fingerprint density at radius 3 is 2.62 bits per heavy atom. The van der Waals surface area contributed by atoms with E-state index in [1.165, 1.54) is 0 Å². The third kappa shape index (κ3) is 3.61. The number of carboxylic acid groups (broad SMARTS) is 1. The van der Waals surface area contributed by atoms with Crippen molar-refractivity contribution >= 4 is 16.9 Å². The van der Waals surface area contributed by atoms with Crippen LogP contribution in [0, 0.1) is 6.92 Å². The van der Waals surface area contributed by atoms with Gasteiger partial charge in [0, 0.05) is 41.7 Å². The molecule has 6 nitrogen and oxygen atoms in total. The molecule has 1 fully saturated rings. The number of aromatic carboxylic acids is 1. The van der Waals surface area contributed by atoms with E-state index in [0.717, 1.165) is 27.6 Å². The van der Waals surface area contributed by atoms with Crippen molar-refractivity contribution in [2.75, 3.05) is 20.2 Å². The van der Waals surface area contributed by atoms with Crippen LogP contribution in [-0.2, 0) is 12.1 Å². The minimum atomic E-state index is -0.948. The number of ether oxygens (including phenoxy) is 1. The molecule has 29 heavy (non-hydrogen) atoms. The zero-order chi connectivity index (χ0) is 20.6. The predicted octanol–water partition coefficient (Wildman–Crippen LogP) is 3.67. The number of aliphatic hydroxyl groups is 1. The van der Waals surface area contributed by atoms with Gasteiger partial charge in [0.05, 0.1) is 12.7 Å². The molecule has 0 spiro atoms. The van der Waals surface area contributed by atoms with Crippen molar-refractivity contribution in [1.82, 2.24) is 9.88 Å². The van der Waals surface area contributed by atoms with E-state index in [9.17, 15) is 15.0 Å². The molecule has 0 saturated carbocycles. The van der Waals surface area contributed by atoms with E-state index in [4.69, 9.17) is 4.74 Å². The number of nitrogens with one attached hydrogen (secondary N) is 1. The molecular formula is C23H26N2O4. The number of carbonyl (C=O) groups is 1. The van der Waals surface area contributed by atoms with E-state index in [0.29, 0.717) is 38.2 Å². The number of likely N-dealkylation sites (tertiary alicyclic amines) is 1. The molecule has 3 N–H and O–H groups in total. The quantitative estimate of drug-likeness (QED) is 0.615. The van der Waals surface area contributed by atoms with Gasteiger partial charge >= 0.3 is 5.97 Å². The maximum absolute atomic E-state index is 11.8. The Morgan fingerprint density at radius 2 is 1.93 bits per heavy atom. The Hall–Kier alpha value is -2.83. The highest BCUT2D eigenvalue weighted by Crippen LogP contribution is 2.38. The number of aryl methyl sites for hydroxylation is 1. The van der Waals surface area contributed by atoms with Crippen molar-refractivity contribution in [2.24, 2.45) is 0 Å². The minimum absolute atomic E-state index is 0.246. The van der Waals surface area contributed by atoms with Crippen LogP contribution in [0.25, 0.3) is 10.9 Å². The van der Waals surface area contributed by atoms with E-state index < -0.39 is 11.6 Å². The van der Waals surface area contributed by atoms with Crippen LogP contribution in [0.1, 0.15) is 40.0 Å². The van der Waals surface area contributed by atoms with Gasteiger partial charge in [0.25, 0.3) is 0 Å². The number of hydrogen-bond acceptors (Lipinski definition) is 4. The molecule has 1 aliphatic heterocycles. The first-order valence-electron chi connectivity index (χ1n) is 9.84. The zero-order valence-corrected chi connectivity index (χ0v) is 16.7. The molecule has 4 rings (SSSR count). The molecule has 0 bridgehead atoms. The van der Waals surface area contributed by atoms with Crippen LogP contribution in [0.5, 0.6) is 5.75 Å². The Morgan fingerprint density at radius 1 is 1.21 bits per heavy atom. The monoisotopic (exact) mass is 394 g/mol. The van der Waals surface area contributed by atoms with Gasteiger partial charge in [-0.2, -0.15) is 0 Å². The topological polar surface area (TPSA) is 85.8 Å². The van der Waals surface area contributed by atoms with Gasteiger partial charge in [0.2, 0.25) is 0 Å². The smallest absolute Gasteiger partial charge is 0.352 e. The number of methoxy groups -OCH3 is 1. The van der Waals surface area contributed by atoms with Gasteiger partial charge in [-0.05, 0) is 38.0 Å². The standard InChI is InChI=1S/C23H26N2O4/c1-15-7-8-19-16(13-15)17(21(24-19)22(26)27)14-25-11-9-23(28,10-12-25)18-5-3-4-6-20(18)29-2/h3-8,13,24,28H,9-12,14H2,1-2H3,(H,26,27). The highest BCUT2D eigenvalue weighted by Gasteiger charge is 2.36. The third-order valence-electron chi connectivity index (χ3n) is 5.95. The predicted molar refractivity (Wildman–Crippen MR) is 111 cm³/mol. The van der Waals surface area contributed by atoms with E-state index in [-0.39, 0.29) is 5.69 Å². The van der Waals surface area contributed by atoms with Crippen molar-refractivity contribution < 1.29 is 19.7 Å². The second kappa shape index (κ2) is 7.54. The summed E-state index contributed by atoms with van der Waals surface area (Å²) < 4.78 is 5.43. The Labute approximate surface area is 169 Å². The first kappa shape index (κ1) is 19.5. The Bertz CT molecular complexity index is 1050. The van der Waals surface area contributed by atoms with Crippen LogP contribution >= 0.6 is 0 Å². The number of fused-ring (bicyclic) bond motifs is 1. The van der Waals surface area contributed by atoms with Gasteiger partial charge in [-0.25, -0.2) is 4.79 Å². The van der Waals surface area contributed by atoms with Gasteiger partial charge in [-0.15, -0.1) is 0 Å². The first-order valence-corrected chi connectivity index (χ1v) is 9.84. The van der Waals surface area contributed by atoms with Crippen molar-refractivity contribution in [2.45, 2.75) is 31.9 Å². The van der Waals surface area contributed by atoms with Gasteiger partial charge < -0.3 is 19.9 Å². The molecule has 0 aliphatic carbocycles. The summed E-state index contributed by atoms with van der Waals surface area (Å²) in [4.78, 5) is 17.0. The average molecular weight is 394 g/mol. The Balaban J connectivity index is 1.57. The average Bonchev–Trinajstić information content (AvgIpc) is 3.07. The highest BCUT2D eigenvalue weighted by molar-refractivity contribution is 5.97.